The fourth-order valence-corrected chi connectivity index (χ4v) is 12.8. The van der Waals surface area contributed by atoms with Crippen LogP contribution in [0.1, 0.15) is 0 Å². The zero-order chi connectivity index (χ0) is 33.8. The van der Waals surface area contributed by atoms with Gasteiger partial charge in [0.05, 0.1) is 28.3 Å². The van der Waals surface area contributed by atoms with E-state index >= 15 is 0 Å². The van der Waals surface area contributed by atoms with Crippen LogP contribution in [0.3, 0.4) is 0 Å². The van der Waals surface area contributed by atoms with Crippen LogP contribution in [0.15, 0.2) is 193 Å². The lowest BCUT2D eigenvalue weighted by Gasteiger charge is -2.34. The molecule has 0 bridgehead atoms. The standard InChI is InChI=1S/C46H31N3OSi/c1-4-15-35(16-5-1)51(36-17-6-2-7-18-36,37-19-8-3-9-20-37)38-21-12-14-32(28-38)33-25-26-44-41(29-33)39-22-10-11-24-43(39)49(44)34-30-42-40-23-13-27-47-45(40)50-46(42)48-31-34/h1-31H. The topological polar surface area (TPSA) is 43.9 Å². The number of benzene rings is 6. The van der Waals surface area contributed by atoms with E-state index in [9.17, 15) is 0 Å². The van der Waals surface area contributed by atoms with Crippen molar-refractivity contribution in [2.24, 2.45) is 0 Å². The van der Waals surface area contributed by atoms with Crippen LogP contribution in [-0.2, 0) is 0 Å². The SMILES string of the molecule is c1ccc([Si](c2ccccc2)(c2ccccc2)c2cccc(-c3ccc4c(c3)c3ccccc3n4-c3cnc4oc5ncccc5c4c3)c2)cc1. The molecule has 0 atom stereocenters. The molecule has 10 aromatic rings. The van der Waals surface area contributed by atoms with Crippen molar-refractivity contribution in [3.63, 3.8) is 0 Å². The van der Waals surface area contributed by atoms with Crippen molar-refractivity contribution in [2.75, 3.05) is 0 Å². The van der Waals surface area contributed by atoms with Gasteiger partial charge in [-0.1, -0.05) is 140 Å². The molecule has 4 aromatic heterocycles. The van der Waals surface area contributed by atoms with Crippen molar-refractivity contribution >= 4 is 72.8 Å². The van der Waals surface area contributed by atoms with Crippen molar-refractivity contribution in [2.45, 2.75) is 0 Å². The summed E-state index contributed by atoms with van der Waals surface area (Å²) in [6.07, 6.45) is 3.65. The molecule has 240 valence electrons. The van der Waals surface area contributed by atoms with Crippen LogP contribution in [0.25, 0.3) is 60.8 Å². The van der Waals surface area contributed by atoms with Gasteiger partial charge in [-0.25, -0.2) is 9.97 Å². The molecule has 0 amide bonds. The second-order valence-electron chi connectivity index (χ2n) is 13.0. The maximum Gasteiger partial charge on any atom is 0.229 e. The third kappa shape index (κ3) is 4.59. The van der Waals surface area contributed by atoms with E-state index < -0.39 is 8.07 Å². The van der Waals surface area contributed by atoms with Gasteiger partial charge >= 0.3 is 0 Å². The number of aromatic nitrogens is 3. The van der Waals surface area contributed by atoms with Crippen molar-refractivity contribution in [3.8, 4) is 16.8 Å². The van der Waals surface area contributed by atoms with Crippen LogP contribution in [0.2, 0.25) is 0 Å². The average Bonchev–Trinajstić information content (AvgIpc) is 3.75. The van der Waals surface area contributed by atoms with E-state index in [1.165, 1.54) is 42.6 Å². The molecule has 0 unspecified atom stereocenters. The van der Waals surface area contributed by atoms with Gasteiger partial charge in [-0.05, 0) is 68.3 Å². The Morgan fingerprint density at radius 1 is 0.412 bits per heavy atom. The summed E-state index contributed by atoms with van der Waals surface area (Å²) in [5, 5.41) is 9.77. The minimum Gasteiger partial charge on any atom is -0.419 e. The predicted molar refractivity (Wildman–Crippen MR) is 213 cm³/mol. The Bertz CT molecular complexity index is 2760. The van der Waals surface area contributed by atoms with E-state index in [-0.39, 0.29) is 0 Å². The molecule has 0 aliphatic heterocycles. The predicted octanol–water partition coefficient (Wildman–Crippen LogP) is 8.52. The normalized spacial score (nSPS) is 11.9. The van der Waals surface area contributed by atoms with Crippen LogP contribution >= 0.6 is 0 Å². The number of rotatable bonds is 6. The highest BCUT2D eigenvalue weighted by atomic mass is 28.3. The summed E-state index contributed by atoms with van der Waals surface area (Å²) in [6, 6.07) is 64.2. The third-order valence-corrected chi connectivity index (χ3v) is 15.0. The van der Waals surface area contributed by atoms with E-state index in [1.54, 1.807) is 6.20 Å². The number of nitrogens with zero attached hydrogens (tertiary/aromatic N) is 3. The quantitative estimate of drug-likeness (QED) is 0.132. The molecule has 4 heterocycles. The summed E-state index contributed by atoms with van der Waals surface area (Å²) in [5.74, 6) is 0. The molecule has 0 fully saturated rings. The van der Waals surface area contributed by atoms with E-state index in [0.29, 0.717) is 11.4 Å². The van der Waals surface area contributed by atoms with Gasteiger partial charge in [0.2, 0.25) is 11.4 Å². The molecule has 0 saturated heterocycles. The lowest BCUT2D eigenvalue weighted by atomic mass is 10.0. The van der Waals surface area contributed by atoms with Gasteiger partial charge in [0, 0.05) is 22.4 Å². The molecule has 0 saturated carbocycles. The van der Waals surface area contributed by atoms with Crippen LogP contribution in [0, 0.1) is 0 Å². The minimum absolute atomic E-state index is 0.594. The van der Waals surface area contributed by atoms with Crippen molar-refractivity contribution in [1.82, 2.24) is 14.5 Å². The van der Waals surface area contributed by atoms with Gasteiger partial charge in [-0.15, -0.1) is 0 Å². The molecule has 5 heteroatoms. The number of fused-ring (bicyclic) bond motifs is 6. The van der Waals surface area contributed by atoms with Gasteiger partial charge in [0.25, 0.3) is 0 Å². The Morgan fingerprint density at radius 2 is 1.00 bits per heavy atom. The molecular weight excluding hydrogens is 639 g/mol. The lowest BCUT2D eigenvalue weighted by Crippen LogP contribution is -2.74. The van der Waals surface area contributed by atoms with Crippen molar-refractivity contribution < 1.29 is 4.42 Å². The van der Waals surface area contributed by atoms with Crippen LogP contribution < -0.4 is 20.7 Å². The number of pyridine rings is 2. The third-order valence-electron chi connectivity index (χ3n) is 10.3. The first-order chi connectivity index (χ1) is 25.3. The van der Waals surface area contributed by atoms with Crippen LogP contribution in [0.4, 0.5) is 0 Å². The Hall–Kier alpha value is -6.56. The molecule has 0 aliphatic carbocycles. The molecule has 0 aliphatic rings. The fraction of sp³-hybridized carbons (Fsp3) is 0. The first-order valence-corrected chi connectivity index (χ1v) is 19.2. The average molecular weight is 670 g/mol. The monoisotopic (exact) mass is 669 g/mol. The molecule has 6 aromatic carbocycles. The molecule has 10 rings (SSSR count). The van der Waals surface area contributed by atoms with E-state index in [1.807, 2.05) is 18.3 Å². The fourth-order valence-electron chi connectivity index (χ4n) is 8.03. The van der Waals surface area contributed by atoms with Crippen molar-refractivity contribution in [3.05, 3.63) is 188 Å². The lowest BCUT2D eigenvalue weighted by molar-refractivity contribution is 0.640. The molecule has 4 nitrogen and oxygen atoms in total. The summed E-state index contributed by atoms with van der Waals surface area (Å²) in [7, 11) is -2.66. The van der Waals surface area contributed by atoms with E-state index in [4.69, 9.17) is 9.40 Å². The smallest absolute Gasteiger partial charge is 0.229 e. The second-order valence-corrected chi connectivity index (χ2v) is 16.8. The zero-order valence-corrected chi connectivity index (χ0v) is 28.6. The summed E-state index contributed by atoms with van der Waals surface area (Å²) in [5.41, 5.74) is 6.83. The van der Waals surface area contributed by atoms with Gasteiger partial charge in [0.1, 0.15) is 0 Å². The molecule has 0 radical (unpaired) electrons. The first kappa shape index (κ1) is 29.4. The summed E-state index contributed by atoms with van der Waals surface area (Å²) >= 11 is 0. The Balaban J connectivity index is 1.17. The number of hydrogen-bond acceptors (Lipinski definition) is 3. The highest BCUT2D eigenvalue weighted by molar-refractivity contribution is 7.19. The minimum atomic E-state index is -2.66. The summed E-state index contributed by atoms with van der Waals surface area (Å²) in [4.78, 5) is 9.15. The zero-order valence-electron chi connectivity index (χ0n) is 27.6. The molecule has 0 spiro atoms. The van der Waals surface area contributed by atoms with Gasteiger partial charge in [-0.2, -0.15) is 0 Å². The van der Waals surface area contributed by atoms with Gasteiger partial charge in [-0.3, -0.25) is 0 Å². The second kappa shape index (κ2) is 11.8. The molecular formula is C46H31N3OSi. The summed E-state index contributed by atoms with van der Waals surface area (Å²) < 4.78 is 8.26. The van der Waals surface area contributed by atoms with Crippen molar-refractivity contribution in [1.29, 1.82) is 0 Å². The molecule has 51 heavy (non-hydrogen) atoms. The van der Waals surface area contributed by atoms with Gasteiger partial charge < -0.3 is 8.98 Å². The Morgan fingerprint density at radius 3 is 1.73 bits per heavy atom. The highest BCUT2D eigenvalue weighted by Crippen LogP contribution is 2.36. The van der Waals surface area contributed by atoms with E-state index in [0.717, 1.165) is 27.5 Å². The molecule has 0 N–H and O–H groups in total. The van der Waals surface area contributed by atoms with E-state index in [2.05, 4.69) is 173 Å². The first-order valence-electron chi connectivity index (χ1n) is 17.2. The Labute approximate surface area is 295 Å². The maximum absolute atomic E-state index is 5.95. The summed E-state index contributed by atoms with van der Waals surface area (Å²) in [6.45, 7) is 0. The highest BCUT2D eigenvalue weighted by Gasteiger charge is 2.41. The number of furan rings is 1. The largest absolute Gasteiger partial charge is 0.419 e. The van der Waals surface area contributed by atoms with Crippen LogP contribution in [0.5, 0.6) is 0 Å². The number of para-hydroxylation sites is 1. The maximum atomic E-state index is 5.95. The number of hydrogen-bond donors (Lipinski definition) is 0. The van der Waals surface area contributed by atoms with Crippen LogP contribution in [-0.4, -0.2) is 22.6 Å². The Kier molecular flexibility index (Phi) is 6.79. The van der Waals surface area contributed by atoms with Gasteiger partial charge in [0.15, 0.2) is 8.07 Å².